The third kappa shape index (κ3) is 4.61. The van der Waals surface area contributed by atoms with Crippen LogP contribution in [0.1, 0.15) is 53.3 Å². The van der Waals surface area contributed by atoms with Crippen LogP contribution in [0.2, 0.25) is 0 Å². The monoisotopic (exact) mass is 483 g/mol. The molecule has 2 aromatic heterocycles. The van der Waals surface area contributed by atoms with E-state index in [0.29, 0.717) is 18.3 Å². The van der Waals surface area contributed by atoms with Gasteiger partial charge in [-0.3, -0.25) is 14.2 Å². The van der Waals surface area contributed by atoms with E-state index in [0.717, 1.165) is 48.7 Å². The van der Waals surface area contributed by atoms with Gasteiger partial charge in [0, 0.05) is 12.0 Å². The Balaban J connectivity index is 1.37. The van der Waals surface area contributed by atoms with Crippen LogP contribution < -0.4 is 10.9 Å². The fourth-order valence-corrected chi connectivity index (χ4v) is 7.12. The van der Waals surface area contributed by atoms with Gasteiger partial charge in [-0.15, -0.1) is 11.3 Å². The first-order chi connectivity index (χ1) is 16.2. The molecule has 174 valence electrons. The number of aromatic nitrogens is 2. The number of rotatable bonds is 7. The van der Waals surface area contributed by atoms with E-state index in [-0.39, 0.29) is 23.3 Å². The van der Waals surface area contributed by atoms with Gasteiger partial charge in [0.2, 0.25) is 5.91 Å². The van der Waals surface area contributed by atoms with Crippen LogP contribution in [0.3, 0.4) is 0 Å². The van der Waals surface area contributed by atoms with Gasteiger partial charge in [0.05, 0.1) is 30.3 Å². The van der Waals surface area contributed by atoms with Gasteiger partial charge < -0.3 is 10.1 Å². The summed E-state index contributed by atoms with van der Waals surface area (Å²) in [5.74, 6) is 0.203. The van der Waals surface area contributed by atoms with Gasteiger partial charge in [-0.25, -0.2) is 4.98 Å². The number of carbonyl (C=O) groups is 1. The van der Waals surface area contributed by atoms with Crippen molar-refractivity contribution < 1.29 is 9.53 Å². The zero-order valence-corrected chi connectivity index (χ0v) is 20.5. The summed E-state index contributed by atoms with van der Waals surface area (Å²) < 4.78 is 6.94. The molecule has 0 bridgehead atoms. The number of carbonyl (C=O) groups excluding carboxylic acids is 1. The molecule has 2 aliphatic rings. The molecule has 0 spiro atoms. The molecule has 8 heteroatoms. The van der Waals surface area contributed by atoms with Gasteiger partial charge in [-0.2, -0.15) is 0 Å². The number of methoxy groups -OCH3 is 1. The number of thioether (sulfide) groups is 1. The largest absolute Gasteiger partial charge is 0.383 e. The van der Waals surface area contributed by atoms with Crippen LogP contribution in [-0.4, -0.2) is 34.9 Å². The first-order valence-corrected chi connectivity index (χ1v) is 13.5. The van der Waals surface area contributed by atoms with Gasteiger partial charge in [0.25, 0.3) is 5.56 Å². The molecule has 1 amide bonds. The Kier molecular flexibility index (Phi) is 6.85. The van der Waals surface area contributed by atoms with Crippen LogP contribution in [0.25, 0.3) is 10.2 Å². The molecular weight excluding hydrogens is 454 g/mol. The molecule has 1 atom stereocenters. The van der Waals surface area contributed by atoms with Crippen molar-refractivity contribution in [1.29, 1.82) is 0 Å². The summed E-state index contributed by atoms with van der Waals surface area (Å²) in [5.41, 5.74) is 3.74. The Hall–Kier alpha value is -2.16. The molecule has 0 saturated heterocycles. The topological polar surface area (TPSA) is 73.2 Å². The quantitative estimate of drug-likeness (QED) is 0.401. The van der Waals surface area contributed by atoms with E-state index >= 15 is 0 Å². The number of hydrogen-bond acceptors (Lipinski definition) is 6. The number of nitrogens with zero attached hydrogens (tertiary/aromatic N) is 2. The van der Waals surface area contributed by atoms with Gasteiger partial charge in [0.15, 0.2) is 5.16 Å². The second-order valence-corrected chi connectivity index (χ2v) is 10.8. The maximum absolute atomic E-state index is 13.4. The fraction of sp³-hybridized carbons (Fsp3) is 0.480. The van der Waals surface area contributed by atoms with E-state index in [1.54, 1.807) is 23.0 Å². The number of benzene rings is 1. The smallest absolute Gasteiger partial charge is 0.263 e. The number of ether oxygens (including phenoxy) is 1. The van der Waals surface area contributed by atoms with Crippen molar-refractivity contribution in [3.8, 4) is 0 Å². The van der Waals surface area contributed by atoms with E-state index in [1.165, 1.54) is 39.8 Å². The SMILES string of the molecule is COCCn1c(SCC(=O)NC2CCCc3ccccc32)nc2sc3c(c2c1=O)CCCC3. The Morgan fingerprint density at radius 2 is 2.09 bits per heavy atom. The second kappa shape index (κ2) is 9.99. The molecule has 1 N–H and O–H groups in total. The Labute approximate surface area is 201 Å². The zero-order chi connectivity index (χ0) is 22.8. The third-order valence-corrected chi connectivity index (χ3v) is 8.76. The van der Waals surface area contributed by atoms with Crippen molar-refractivity contribution in [2.75, 3.05) is 19.5 Å². The van der Waals surface area contributed by atoms with Crippen LogP contribution in [-0.2, 0) is 35.3 Å². The van der Waals surface area contributed by atoms with E-state index in [9.17, 15) is 9.59 Å². The first kappa shape index (κ1) is 22.6. The van der Waals surface area contributed by atoms with E-state index < -0.39 is 0 Å². The third-order valence-electron chi connectivity index (χ3n) is 6.60. The average molecular weight is 484 g/mol. The summed E-state index contributed by atoms with van der Waals surface area (Å²) in [4.78, 5) is 33.3. The maximum Gasteiger partial charge on any atom is 0.263 e. The number of hydrogen-bond donors (Lipinski definition) is 1. The Morgan fingerprint density at radius 3 is 2.97 bits per heavy atom. The fourth-order valence-electron chi connectivity index (χ4n) is 4.98. The highest BCUT2D eigenvalue weighted by molar-refractivity contribution is 7.99. The summed E-state index contributed by atoms with van der Waals surface area (Å²) in [6.45, 7) is 0.862. The number of aryl methyl sites for hydroxylation is 3. The number of nitrogens with one attached hydrogen (secondary N) is 1. The van der Waals surface area contributed by atoms with Gasteiger partial charge >= 0.3 is 0 Å². The lowest BCUT2D eigenvalue weighted by Crippen LogP contribution is -2.32. The standard InChI is InChI=1S/C25H29N3O3S2/c1-31-14-13-28-24(30)22-18-10-4-5-12-20(18)33-23(22)27-25(28)32-15-21(29)26-19-11-6-8-16-7-2-3-9-17(16)19/h2-3,7,9,19H,4-6,8,10-15H2,1H3,(H,26,29). The Morgan fingerprint density at radius 1 is 1.24 bits per heavy atom. The first-order valence-electron chi connectivity index (χ1n) is 11.7. The van der Waals surface area contributed by atoms with Crippen molar-refractivity contribution in [3.05, 3.63) is 56.2 Å². The van der Waals surface area contributed by atoms with Crippen molar-refractivity contribution in [3.63, 3.8) is 0 Å². The highest BCUT2D eigenvalue weighted by atomic mass is 32.2. The normalized spacial score (nSPS) is 17.5. The van der Waals surface area contributed by atoms with Crippen LogP contribution in [0.15, 0.2) is 34.2 Å². The predicted octanol–water partition coefficient (Wildman–Crippen LogP) is 4.27. The predicted molar refractivity (Wildman–Crippen MR) is 133 cm³/mol. The minimum Gasteiger partial charge on any atom is -0.383 e. The molecule has 5 rings (SSSR count). The highest BCUT2D eigenvalue weighted by Crippen LogP contribution is 2.35. The molecule has 33 heavy (non-hydrogen) atoms. The number of amides is 1. The molecule has 0 saturated carbocycles. The summed E-state index contributed by atoms with van der Waals surface area (Å²) in [6, 6.07) is 8.41. The zero-order valence-electron chi connectivity index (χ0n) is 18.9. The van der Waals surface area contributed by atoms with Crippen LogP contribution >= 0.6 is 23.1 Å². The summed E-state index contributed by atoms with van der Waals surface area (Å²) in [7, 11) is 1.63. The van der Waals surface area contributed by atoms with E-state index in [2.05, 4.69) is 23.5 Å². The maximum atomic E-state index is 13.4. The molecule has 0 aliphatic heterocycles. The molecule has 0 radical (unpaired) electrons. The Bertz CT molecular complexity index is 1230. The lowest BCUT2D eigenvalue weighted by molar-refractivity contribution is -0.119. The van der Waals surface area contributed by atoms with Crippen molar-refractivity contribution in [1.82, 2.24) is 14.9 Å². The van der Waals surface area contributed by atoms with Gasteiger partial charge in [-0.1, -0.05) is 36.0 Å². The molecule has 1 aromatic carbocycles. The minimum absolute atomic E-state index is 0.000524. The molecular formula is C25H29N3O3S2. The molecule has 1 unspecified atom stereocenters. The molecule has 2 aliphatic carbocycles. The highest BCUT2D eigenvalue weighted by Gasteiger charge is 2.24. The van der Waals surface area contributed by atoms with Crippen LogP contribution in [0.5, 0.6) is 0 Å². The van der Waals surface area contributed by atoms with Gasteiger partial charge in [0.1, 0.15) is 4.83 Å². The molecule has 6 nitrogen and oxygen atoms in total. The van der Waals surface area contributed by atoms with Crippen LogP contribution in [0.4, 0.5) is 0 Å². The summed E-state index contributed by atoms with van der Waals surface area (Å²) >= 11 is 2.99. The van der Waals surface area contributed by atoms with E-state index in [4.69, 9.17) is 9.72 Å². The summed E-state index contributed by atoms with van der Waals surface area (Å²) in [6.07, 6.45) is 7.37. The second-order valence-electron chi connectivity index (χ2n) is 8.73. The van der Waals surface area contributed by atoms with Gasteiger partial charge in [-0.05, 0) is 61.6 Å². The molecule has 0 fully saturated rings. The lowest BCUT2D eigenvalue weighted by atomic mass is 9.88. The average Bonchev–Trinajstić information content (AvgIpc) is 3.21. The number of fused-ring (bicyclic) bond motifs is 4. The summed E-state index contributed by atoms with van der Waals surface area (Å²) in [5, 5.41) is 4.58. The minimum atomic E-state index is -0.0279. The molecule has 3 aromatic rings. The van der Waals surface area contributed by atoms with Crippen molar-refractivity contribution in [2.45, 2.75) is 62.7 Å². The van der Waals surface area contributed by atoms with E-state index in [1.807, 2.05) is 6.07 Å². The molecule has 2 heterocycles. The van der Waals surface area contributed by atoms with Crippen LogP contribution in [0, 0.1) is 0 Å². The van der Waals surface area contributed by atoms with Crippen molar-refractivity contribution in [2.24, 2.45) is 0 Å². The van der Waals surface area contributed by atoms with Crippen molar-refractivity contribution >= 4 is 39.2 Å². The number of thiophene rings is 1. The lowest BCUT2D eigenvalue weighted by Gasteiger charge is -2.26.